The van der Waals surface area contributed by atoms with Crippen LogP contribution in [0.3, 0.4) is 0 Å². The van der Waals surface area contributed by atoms with E-state index in [-0.39, 0.29) is 5.91 Å². The number of aryl methyl sites for hydroxylation is 3. The molecule has 0 atom stereocenters. The number of hydrogen-bond donors (Lipinski definition) is 2. The van der Waals surface area contributed by atoms with Crippen LogP contribution in [0, 0.1) is 13.8 Å². The normalized spacial score (nSPS) is 11.1. The van der Waals surface area contributed by atoms with Crippen molar-refractivity contribution in [2.45, 2.75) is 13.8 Å². The lowest BCUT2D eigenvalue weighted by atomic mass is 10.0. The van der Waals surface area contributed by atoms with Gasteiger partial charge >= 0.3 is 0 Å². The number of benzene rings is 1. The number of carbonyl (C=O) groups excluding carboxylic acids is 1. The molecule has 3 aromatic rings. The molecule has 0 aliphatic heterocycles. The minimum absolute atomic E-state index is 0.331. The number of nitrogens with zero attached hydrogens (tertiary/aromatic N) is 3. The lowest BCUT2D eigenvalue weighted by Gasteiger charge is -2.01. The topological polar surface area (TPSA) is 75.1 Å². The molecule has 1 aromatic carbocycles. The molecule has 6 heteroatoms. The van der Waals surface area contributed by atoms with Gasteiger partial charge < -0.3 is 4.57 Å². The highest BCUT2D eigenvalue weighted by atomic mass is 16.2. The van der Waals surface area contributed by atoms with Crippen LogP contribution in [0.25, 0.3) is 11.3 Å². The van der Waals surface area contributed by atoms with E-state index in [2.05, 4.69) is 40.6 Å². The Morgan fingerprint density at radius 3 is 2.79 bits per heavy atom. The van der Waals surface area contributed by atoms with Crippen LogP contribution in [0.15, 0.2) is 47.7 Å². The predicted octanol–water partition coefficient (Wildman–Crippen LogP) is 2.80. The molecule has 0 aliphatic rings. The maximum Gasteiger partial charge on any atom is 0.289 e. The molecule has 122 valence electrons. The second-order valence-electron chi connectivity index (χ2n) is 5.71. The Hall–Kier alpha value is -3.15. The minimum Gasteiger partial charge on any atom is -0.350 e. The molecule has 2 N–H and O–H groups in total. The molecule has 0 radical (unpaired) electrons. The molecular formula is C18H19N5O. The molecule has 6 nitrogen and oxygen atoms in total. The van der Waals surface area contributed by atoms with E-state index >= 15 is 0 Å². The van der Waals surface area contributed by atoms with Crippen molar-refractivity contribution in [2.24, 2.45) is 12.1 Å². The van der Waals surface area contributed by atoms with Crippen molar-refractivity contribution in [1.29, 1.82) is 0 Å². The lowest BCUT2D eigenvalue weighted by Crippen LogP contribution is -2.18. The van der Waals surface area contributed by atoms with Crippen molar-refractivity contribution in [3.05, 3.63) is 65.1 Å². The van der Waals surface area contributed by atoms with Gasteiger partial charge in [0.2, 0.25) is 0 Å². The highest BCUT2D eigenvalue weighted by Crippen LogP contribution is 2.20. The Labute approximate surface area is 140 Å². The first-order valence-corrected chi connectivity index (χ1v) is 7.62. The number of amides is 1. The maximum atomic E-state index is 12.1. The number of H-pyrrole nitrogens is 1. The minimum atomic E-state index is -0.331. The summed E-state index contributed by atoms with van der Waals surface area (Å²) in [5.74, 6) is -0.331. The van der Waals surface area contributed by atoms with Crippen LogP contribution in [-0.4, -0.2) is 26.9 Å². The van der Waals surface area contributed by atoms with E-state index in [0.29, 0.717) is 5.69 Å². The largest absolute Gasteiger partial charge is 0.350 e. The first-order chi connectivity index (χ1) is 11.5. The molecule has 0 saturated heterocycles. The van der Waals surface area contributed by atoms with Crippen LogP contribution in [0.4, 0.5) is 0 Å². The van der Waals surface area contributed by atoms with Crippen LogP contribution in [0.2, 0.25) is 0 Å². The van der Waals surface area contributed by atoms with Gasteiger partial charge in [0.15, 0.2) is 0 Å². The van der Waals surface area contributed by atoms with Crippen molar-refractivity contribution < 1.29 is 4.79 Å². The quantitative estimate of drug-likeness (QED) is 0.573. The number of rotatable bonds is 4. The summed E-state index contributed by atoms with van der Waals surface area (Å²) in [4.78, 5) is 12.1. The van der Waals surface area contributed by atoms with Crippen LogP contribution in [-0.2, 0) is 7.05 Å². The van der Waals surface area contributed by atoms with E-state index in [4.69, 9.17) is 0 Å². The second kappa shape index (κ2) is 6.54. The van der Waals surface area contributed by atoms with Gasteiger partial charge in [-0.25, -0.2) is 5.43 Å². The van der Waals surface area contributed by atoms with E-state index in [1.165, 1.54) is 11.1 Å². The third-order valence-electron chi connectivity index (χ3n) is 3.97. The molecule has 0 saturated carbocycles. The molecule has 0 unspecified atom stereocenters. The highest BCUT2D eigenvalue weighted by molar-refractivity contribution is 5.94. The Bertz CT molecular complexity index is 904. The maximum absolute atomic E-state index is 12.1. The smallest absolute Gasteiger partial charge is 0.289 e. The standard InChI is InChI=1S/C18H19N5O/c1-12-6-7-14(9-13(12)2)16-10-17(21-20-16)18(24)22-19-11-15-5-4-8-23(15)3/h4-11H,1-3H3,(H,20,21)(H,22,24)/b19-11+. The molecule has 3 rings (SSSR count). The summed E-state index contributed by atoms with van der Waals surface area (Å²) in [6.07, 6.45) is 3.51. The number of aromatic nitrogens is 3. The van der Waals surface area contributed by atoms with Crippen LogP contribution < -0.4 is 5.43 Å². The van der Waals surface area contributed by atoms with Gasteiger partial charge in [-0.05, 0) is 49.2 Å². The summed E-state index contributed by atoms with van der Waals surface area (Å²) < 4.78 is 1.91. The van der Waals surface area contributed by atoms with Crippen molar-refractivity contribution in [2.75, 3.05) is 0 Å². The number of nitrogens with one attached hydrogen (secondary N) is 2. The van der Waals surface area contributed by atoms with Crippen molar-refractivity contribution >= 4 is 12.1 Å². The Kier molecular flexibility index (Phi) is 4.29. The summed E-state index contributed by atoms with van der Waals surface area (Å²) in [5, 5.41) is 10.9. The number of hydrogen-bond acceptors (Lipinski definition) is 3. The molecule has 1 amide bonds. The molecule has 0 spiro atoms. The van der Waals surface area contributed by atoms with E-state index in [9.17, 15) is 4.79 Å². The number of carbonyl (C=O) groups is 1. The third-order valence-corrected chi connectivity index (χ3v) is 3.97. The Morgan fingerprint density at radius 1 is 1.25 bits per heavy atom. The Balaban J connectivity index is 1.70. The van der Waals surface area contributed by atoms with Crippen molar-refractivity contribution in [3.8, 4) is 11.3 Å². The molecule has 0 aliphatic carbocycles. The van der Waals surface area contributed by atoms with Gasteiger partial charge in [0.25, 0.3) is 5.91 Å². The molecule has 0 fully saturated rings. The fourth-order valence-electron chi connectivity index (χ4n) is 2.31. The molecule has 2 heterocycles. The van der Waals surface area contributed by atoms with Gasteiger partial charge in [0.1, 0.15) is 5.69 Å². The third kappa shape index (κ3) is 3.27. The van der Waals surface area contributed by atoms with Gasteiger partial charge in [-0.2, -0.15) is 10.2 Å². The monoisotopic (exact) mass is 321 g/mol. The predicted molar refractivity (Wildman–Crippen MR) is 94.0 cm³/mol. The van der Waals surface area contributed by atoms with E-state index < -0.39 is 0 Å². The van der Waals surface area contributed by atoms with Crippen LogP contribution in [0.1, 0.15) is 27.3 Å². The van der Waals surface area contributed by atoms with Crippen LogP contribution in [0.5, 0.6) is 0 Å². The fourth-order valence-corrected chi connectivity index (χ4v) is 2.31. The molecule has 24 heavy (non-hydrogen) atoms. The zero-order valence-corrected chi connectivity index (χ0v) is 13.9. The summed E-state index contributed by atoms with van der Waals surface area (Å²) in [5.41, 5.74) is 7.88. The second-order valence-corrected chi connectivity index (χ2v) is 5.71. The summed E-state index contributed by atoms with van der Waals surface area (Å²) in [7, 11) is 1.91. The zero-order valence-electron chi connectivity index (χ0n) is 13.9. The number of aromatic amines is 1. The van der Waals surface area contributed by atoms with Crippen LogP contribution >= 0.6 is 0 Å². The van der Waals surface area contributed by atoms with E-state index in [0.717, 1.165) is 17.0 Å². The first-order valence-electron chi connectivity index (χ1n) is 7.62. The van der Waals surface area contributed by atoms with Gasteiger partial charge in [0.05, 0.1) is 17.6 Å². The van der Waals surface area contributed by atoms with E-state index in [1.807, 2.05) is 42.1 Å². The van der Waals surface area contributed by atoms with Crippen molar-refractivity contribution in [1.82, 2.24) is 20.2 Å². The summed E-state index contributed by atoms with van der Waals surface area (Å²) >= 11 is 0. The first kappa shape index (κ1) is 15.7. The SMILES string of the molecule is Cc1ccc(-c2cc(C(=O)N/N=C/c3cccn3C)[nH]n2)cc1C. The summed E-state index contributed by atoms with van der Waals surface area (Å²) in [6, 6.07) is 11.6. The zero-order chi connectivity index (χ0) is 17.1. The number of hydrazone groups is 1. The lowest BCUT2D eigenvalue weighted by molar-refractivity contribution is 0.0950. The van der Waals surface area contributed by atoms with Crippen molar-refractivity contribution in [3.63, 3.8) is 0 Å². The molecule has 0 bridgehead atoms. The van der Waals surface area contributed by atoms with Gasteiger partial charge in [-0.1, -0.05) is 12.1 Å². The Morgan fingerprint density at radius 2 is 2.08 bits per heavy atom. The molecule has 2 aromatic heterocycles. The summed E-state index contributed by atoms with van der Waals surface area (Å²) in [6.45, 7) is 4.12. The van der Waals surface area contributed by atoms with E-state index in [1.54, 1.807) is 12.3 Å². The average molecular weight is 321 g/mol. The fraction of sp³-hybridized carbons (Fsp3) is 0.167. The molecular weight excluding hydrogens is 302 g/mol. The van der Waals surface area contributed by atoms with Gasteiger partial charge in [-0.15, -0.1) is 0 Å². The van der Waals surface area contributed by atoms with Gasteiger partial charge in [-0.3, -0.25) is 9.89 Å². The average Bonchev–Trinajstić information content (AvgIpc) is 3.20. The highest BCUT2D eigenvalue weighted by Gasteiger charge is 2.10. The van der Waals surface area contributed by atoms with Gasteiger partial charge in [0, 0.05) is 18.8 Å².